The van der Waals surface area contributed by atoms with Crippen LogP contribution in [0.15, 0.2) is 60.7 Å². The zero-order chi connectivity index (χ0) is 17.8. The fourth-order valence-electron chi connectivity index (χ4n) is 2.78. The second kappa shape index (κ2) is 7.36. The molecule has 0 aliphatic carbocycles. The van der Waals surface area contributed by atoms with Crippen molar-refractivity contribution >= 4 is 29.4 Å². The lowest BCUT2D eigenvalue weighted by Crippen LogP contribution is -2.00. The molecule has 3 nitrogen and oxygen atoms in total. The molecule has 0 aliphatic heterocycles. The molecule has 0 fully saturated rings. The number of anilines is 2. The smallest absolute Gasteiger partial charge is 0.211 e. The van der Waals surface area contributed by atoms with E-state index in [1.54, 1.807) is 19.2 Å². The molecule has 126 valence electrons. The molecule has 25 heavy (non-hydrogen) atoms. The highest BCUT2D eigenvalue weighted by Crippen LogP contribution is 2.39. The van der Waals surface area contributed by atoms with Gasteiger partial charge in [-0.3, -0.25) is 4.79 Å². The van der Waals surface area contributed by atoms with E-state index in [9.17, 15) is 9.18 Å². The van der Waals surface area contributed by atoms with Crippen LogP contribution in [0.3, 0.4) is 0 Å². The summed E-state index contributed by atoms with van der Waals surface area (Å²) in [4.78, 5) is 10.7. The van der Waals surface area contributed by atoms with Crippen molar-refractivity contribution in [1.29, 1.82) is 0 Å². The molecule has 0 saturated heterocycles. The van der Waals surface area contributed by atoms with Gasteiger partial charge in [-0.15, -0.1) is 0 Å². The third-order valence-electron chi connectivity index (χ3n) is 3.96. The van der Waals surface area contributed by atoms with Gasteiger partial charge in [0.2, 0.25) is 6.41 Å². The molecule has 5 heteroatoms. The van der Waals surface area contributed by atoms with Crippen LogP contribution in [0, 0.1) is 5.82 Å². The van der Waals surface area contributed by atoms with E-state index in [0.717, 1.165) is 27.9 Å². The summed E-state index contributed by atoms with van der Waals surface area (Å²) in [5.41, 5.74) is 4.98. The summed E-state index contributed by atoms with van der Waals surface area (Å²) < 4.78 is 13.3. The minimum atomic E-state index is -0.283. The number of amides is 1. The van der Waals surface area contributed by atoms with Gasteiger partial charge in [0.05, 0.1) is 11.4 Å². The summed E-state index contributed by atoms with van der Waals surface area (Å²) in [6, 6.07) is 17.6. The highest BCUT2D eigenvalue weighted by Gasteiger charge is 2.13. The lowest BCUT2D eigenvalue weighted by molar-refractivity contribution is -0.105. The summed E-state index contributed by atoms with van der Waals surface area (Å²) in [6.45, 7) is 0. The molecular formula is C20H16ClFN2O. The maximum Gasteiger partial charge on any atom is 0.211 e. The molecule has 0 saturated carbocycles. The number of rotatable bonds is 5. The van der Waals surface area contributed by atoms with Gasteiger partial charge in [-0.2, -0.15) is 0 Å². The van der Waals surface area contributed by atoms with Crippen LogP contribution in [0.4, 0.5) is 15.8 Å². The SMILES string of the molecule is CNc1cc(-c2c(Cl)cccc2-c2ccc(F)cc2)ccc1NC=O. The van der Waals surface area contributed by atoms with Gasteiger partial charge in [0, 0.05) is 17.6 Å². The molecule has 1 amide bonds. The average molecular weight is 355 g/mol. The number of carbonyl (C=O) groups is 1. The molecule has 0 atom stereocenters. The zero-order valence-corrected chi connectivity index (χ0v) is 14.3. The Bertz CT molecular complexity index is 910. The van der Waals surface area contributed by atoms with Gasteiger partial charge in [0.1, 0.15) is 5.82 Å². The minimum Gasteiger partial charge on any atom is -0.386 e. The molecular weight excluding hydrogens is 339 g/mol. The molecule has 0 unspecified atom stereocenters. The van der Waals surface area contributed by atoms with Gasteiger partial charge in [0.25, 0.3) is 0 Å². The minimum absolute atomic E-state index is 0.283. The molecule has 0 aliphatic rings. The highest BCUT2D eigenvalue weighted by molar-refractivity contribution is 6.34. The van der Waals surface area contributed by atoms with E-state index < -0.39 is 0 Å². The van der Waals surface area contributed by atoms with Crippen LogP contribution in [0.2, 0.25) is 5.02 Å². The summed E-state index contributed by atoms with van der Waals surface area (Å²) in [5, 5.41) is 6.32. The van der Waals surface area contributed by atoms with Crippen molar-refractivity contribution in [1.82, 2.24) is 0 Å². The molecule has 0 spiro atoms. The zero-order valence-electron chi connectivity index (χ0n) is 13.5. The first-order valence-electron chi connectivity index (χ1n) is 7.71. The quantitative estimate of drug-likeness (QED) is 0.600. The molecule has 0 aromatic heterocycles. The van der Waals surface area contributed by atoms with Crippen molar-refractivity contribution in [2.45, 2.75) is 0 Å². The summed E-state index contributed by atoms with van der Waals surface area (Å²) >= 11 is 6.48. The molecule has 0 radical (unpaired) electrons. The maximum absolute atomic E-state index is 13.3. The van der Waals surface area contributed by atoms with Gasteiger partial charge in [-0.05, 0) is 47.0 Å². The van der Waals surface area contributed by atoms with Crippen molar-refractivity contribution in [3.05, 3.63) is 71.5 Å². The lowest BCUT2D eigenvalue weighted by atomic mass is 9.94. The molecule has 0 bridgehead atoms. The average Bonchev–Trinajstić information content (AvgIpc) is 2.63. The fraction of sp³-hybridized carbons (Fsp3) is 0.0500. The van der Waals surface area contributed by atoms with Gasteiger partial charge >= 0.3 is 0 Å². The van der Waals surface area contributed by atoms with Crippen LogP contribution in [-0.2, 0) is 4.79 Å². The number of hydrogen-bond acceptors (Lipinski definition) is 2. The van der Waals surface area contributed by atoms with E-state index in [-0.39, 0.29) is 5.82 Å². The van der Waals surface area contributed by atoms with Gasteiger partial charge < -0.3 is 10.6 Å². The number of carbonyl (C=O) groups excluding carboxylic acids is 1. The number of benzene rings is 3. The second-order valence-corrected chi connectivity index (χ2v) is 5.85. The first kappa shape index (κ1) is 17.0. The summed E-state index contributed by atoms with van der Waals surface area (Å²) in [6.07, 6.45) is 0.634. The van der Waals surface area contributed by atoms with Gasteiger partial charge in [0.15, 0.2) is 0 Å². The van der Waals surface area contributed by atoms with Crippen LogP contribution in [0.1, 0.15) is 0 Å². The van der Waals surface area contributed by atoms with Crippen molar-refractivity contribution < 1.29 is 9.18 Å². The van der Waals surface area contributed by atoms with E-state index in [1.807, 2.05) is 36.4 Å². The van der Waals surface area contributed by atoms with Crippen LogP contribution < -0.4 is 10.6 Å². The second-order valence-electron chi connectivity index (χ2n) is 5.44. The van der Waals surface area contributed by atoms with Crippen LogP contribution in [0.25, 0.3) is 22.3 Å². The third kappa shape index (κ3) is 3.49. The van der Waals surface area contributed by atoms with Gasteiger partial charge in [-0.1, -0.05) is 41.9 Å². The molecule has 0 heterocycles. The topological polar surface area (TPSA) is 41.1 Å². The Balaban J connectivity index is 2.17. The Morgan fingerprint density at radius 2 is 1.68 bits per heavy atom. The van der Waals surface area contributed by atoms with Crippen molar-refractivity contribution in [3.63, 3.8) is 0 Å². The largest absolute Gasteiger partial charge is 0.386 e. The standard InChI is InChI=1S/C20H16ClFN2O/c1-23-19-11-14(7-10-18(19)24-12-25)20-16(3-2-4-17(20)21)13-5-8-15(22)9-6-13/h2-12,23H,1H3,(H,24,25). The molecule has 3 aromatic rings. The Labute approximate surface area is 150 Å². The normalized spacial score (nSPS) is 10.4. The van der Waals surface area contributed by atoms with E-state index in [0.29, 0.717) is 17.1 Å². The Morgan fingerprint density at radius 1 is 0.960 bits per heavy atom. The highest BCUT2D eigenvalue weighted by atomic mass is 35.5. The van der Waals surface area contributed by atoms with Crippen molar-refractivity contribution in [3.8, 4) is 22.3 Å². The molecule has 2 N–H and O–H groups in total. The van der Waals surface area contributed by atoms with E-state index in [2.05, 4.69) is 10.6 Å². The van der Waals surface area contributed by atoms with Gasteiger partial charge in [-0.25, -0.2) is 4.39 Å². The Hall–Kier alpha value is -2.85. The van der Waals surface area contributed by atoms with E-state index >= 15 is 0 Å². The van der Waals surface area contributed by atoms with Crippen LogP contribution >= 0.6 is 11.6 Å². The predicted octanol–water partition coefficient (Wildman–Crippen LogP) is 5.42. The first-order chi connectivity index (χ1) is 12.1. The monoisotopic (exact) mass is 354 g/mol. The Morgan fingerprint density at radius 3 is 2.36 bits per heavy atom. The lowest BCUT2D eigenvalue weighted by Gasteiger charge is -2.15. The predicted molar refractivity (Wildman–Crippen MR) is 102 cm³/mol. The van der Waals surface area contributed by atoms with Crippen molar-refractivity contribution in [2.24, 2.45) is 0 Å². The summed E-state index contributed by atoms with van der Waals surface area (Å²) in [5.74, 6) is -0.283. The summed E-state index contributed by atoms with van der Waals surface area (Å²) in [7, 11) is 1.78. The Kier molecular flexibility index (Phi) is 5.00. The van der Waals surface area contributed by atoms with E-state index in [4.69, 9.17) is 11.6 Å². The number of hydrogen-bond donors (Lipinski definition) is 2. The van der Waals surface area contributed by atoms with Crippen molar-refractivity contribution in [2.75, 3.05) is 17.7 Å². The number of halogens is 2. The van der Waals surface area contributed by atoms with Crippen LogP contribution in [0.5, 0.6) is 0 Å². The molecule has 3 aromatic carbocycles. The fourth-order valence-corrected chi connectivity index (χ4v) is 3.07. The van der Waals surface area contributed by atoms with E-state index in [1.165, 1.54) is 12.1 Å². The van der Waals surface area contributed by atoms with Crippen LogP contribution in [-0.4, -0.2) is 13.5 Å². The first-order valence-corrected chi connectivity index (χ1v) is 8.08. The third-order valence-corrected chi connectivity index (χ3v) is 4.28. The maximum atomic E-state index is 13.3. The molecule has 3 rings (SSSR count). The number of nitrogens with one attached hydrogen (secondary N) is 2.